The first-order chi connectivity index (χ1) is 15.1. The Morgan fingerprint density at radius 2 is 1.88 bits per heavy atom. The highest BCUT2D eigenvalue weighted by Crippen LogP contribution is 2.26. The van der Waals surface area contributed by atoms with Crippen LogP contribution in [0.1, 0.15) is 40.4 Å². The quantitative estimate of drug-likeness (QED) is 0.257. The van der Waals surface area contributed by atoms with Crippen molar-refractivity contribution in [3.05, 3.63) is 70.2 Å². The van der Waals surface area contributed by atoms with E-state index in [9.17, 15) is 4.79 Å². The van der Waals surface area contributed by atoms with Crippen molar-refractivity contribution < 1.29 is 4.79 Å². The van der Waals surface area contributed by atoms with Crippen molar-refractivity contribution in [1.82, 2.24) is 20.9 Å². The van der Waals surface area contributed by atoms with E-state index in [-0.39, 0.29) is 35.9 Å². The Kier molecular flexibility index (Phi) is 11.3. The summed E-state index contributed by atoms with van der Waals surface area (Å²) in [5.41, 5.74) is 3.01. The van der Waals surface area contributed by atoms with Crippen LogP contribution in [0.5, 0.6) is 0 Å². The zero-order valence-electron chi connectivity index (χ0n) is 18.7. The molecule has 1 unspecified atom stereocenters. The summed E-state index contributed by atoms with van der Waals surface area (Å²) in [5.74, 6) is 0.704. The van der Waals surface area contributed by atoms with Gasteiger partial charge in [0.2, 0.25) is 0 Å². The molecular formula is C24H33ClIN5O. The molecule has 2 aromatic rings. The number of carbonyl (C=O) groups excluding carboxylic acids is 1. The number of hydrogen-bond acceptors (Lipinski definition) is 3. The first-order valence-corrected chi connectivity index (χ1v) is 11.2. The molecule has 8 heteroatoms. The maximum Gasteiger partial charge on any atom is 0.251 e. The molecular weight excluding hydrogens is 537 g/mol. The lowest BCUT2D eigenvalue weighted by Gasteiger charge is -2.29. The number of halogens is 2. The molecule has 0 radical (unpaired) electrons. The fraction of sp³-hybridized carbons (Fsp3) is 0.417. The van der Waals surface area contributed by atoms with Crippen molar-refractivity contribution in [2.75, 3.05) is 40.3 Å². The Hall–Kier alpha value is -1.84. The van der Waals surface area contributed by atoms with Crippen LogP contribution in [0.15, 0.2) is 53.5 Å². The van der Waals surface area contributed by atoms with Crippen molar-refractivity contribution in [2.45, 2.75) is 25.3 Å². The van der Waals surface area contributed by atoms with Crippen LogP contribution in [0.2, 0.25) is 5.02 Å². The molecule has 3 rings (SSSR count). The van der Waals surface area contributed by atoms with Gasteiger partial charge in [0.05, 0.1) is 6.04 Å². The van der Waals surface area contributed by atoms with Gasteiger partial charge >= 0.3 is 0 Å². The second-order valence-electron chi connectivity index (χ2n) is 7.72. The van der Waals surface area contributed by atoms with E-state index in [4.69, 9.17) is 11.6 Å². The first kappa shape index (κ1) is 26.4. The normalized spacial score (nSPS) is 15.0. The summed E-state index contributed by atoms with van der Waals surface area (Å²) in [6.45, 7) is 3.69. The third-order valence-electron chi connectivity index (χ3n) is 5.62. The largest absolute Gasteiger partial charge is 0.356 e. The minimum absolute atomic E-state index is 0. The van der Waals surface area contributed by atoms with Crippen LogP contribution in [0, 0.1) is 0 Å². The van der Waals surface area contributed by atoms with Gasteiger partial charge < -0.3 is 16.0 Å². The Balaban J connectivity index is 0.00000363. The van der Waals surface area contributed by atoms with Gasteiger partial charge in [-0.05, 0) is 67.7 Å². The zero-order valence-corrected chi connectivity index (χ0v) is 21.8. The van der Waals surface area contributed by atoms with Crippen LogP contribution >= 0.6 is 35.6 Å². The van der Waals surface area contributed by atoms with E-state index in [2.05, 4.69) is 38.0 Å². The van der Waals surface area contributed by atoms with Gasteiger partial charge in [-0.3, -0.25) is 14.7 Å². The van der Waals surface area contributed by atoms with E-state index < -0.39 is 0 Å². The number of rotatable bonds is 8. The van der Waals surface area contributed by atoms with Gasteiger partial charge in [0.25, 0.3) is 5.91 Å². The van der Waals surface area contributed by atoms with Gasteiger partial charge in [-0.2, -0.15) is 0 Å². The highest BCUT2D eigenvalue weighted by atomic mass is 127. The average Bonchev–Trinajstić information content (AvgIpc) is 3.32. The predicted octanol–water partition coefficient (Wildman–Crippen LogP) is 3.86. The van der Waals surface area contributed by atoms with Gasteiger partial charge in [-0.15, -0.1) is 24.0 Å². The minimum Gasteiger partial charge on any atom is -0.356 e. The third-order valence-corrected chi connectivity index (χ3v) is 5.86. The summed E-state index contributed by atoms with van der Waals surface area (Å²) in [7, 11) is 3.43. The summed E-state index contributed by atoms with van der Waals surface area (Å²) in [5, 5.41) is 10.3. The number of aliphatic imine (C=N–C) groups is 1. The number of nitrogens with zero attached hydrogens (tertiary/aromatic N) is 2. The Morgan fingerprint density at radius 3 is 2.56 bits per heavy atom. The lowest BCUT2D eigenvalue weighted by Crippen LogP contribution is -2.43. The molecule has 1 atom stereocenters. The molecule has 0 spiro atoms. The van der Waals surface area contributed by atoms with Gasteiger partial charge in [-0.1, -0.05) is 35.9 Å². The standard InChI is InChI=1S/C24H32ClN5O.HI/c1-26-23(31)20-9-5-7-18(15-20)11-12-28-24(27-2)29-17-22(30-13-3-4-14-30)19-8-6-10-21(25)16-19;/h5-10,15-16,22H,3-4,11-14,17H2,1-2H3,(H,26,31)(H2,27,28,29);1H. The second-order valence-corrected chi connectivity index (χ2v) is 8.16. The van der Waals surface area contributed by atoms with Crippen LogP contribution in [-0.4, -0.2) is 57.0 Å². The lowest BCUT2D eigenvalue weighted by molar-refractivity contribution is 0.0963. The van der Waals surface area contributed by atoms with Gasteiger partial charge in [0.1, 0.15) is 0 Å². The van der Waals surface area contributed by atoms with E-state index in [0.717, 1.165) is 49.1 Å². The highest BCUT2D eigenvalue weighted by Gasteiger charge is 2.23. The summed E-state index contributed by atoms with van der Waals surface area (Å²) in [4.78, 5) is 18.7. The maximum atomic E-state index is 11.8. The second kappa shape index (κ2) is 13.6. The number of carbonyl (C=O) groups is 1. The molecule has 0 bridgehead atoms. The molecule has 1 aliphatic rings. The zero-order chi connectivity index (χ0) is 22.1. The van der Waals surface area contributed by atoms with Gasteiger partial charge in [0, 0.05) is 37.8 Å². The highest BCUT2D eigenvalue weighted by molar-refractivity contribution is 14.0. The molecule has 3 N–H and O–H groups in total. The van der Waals surface area contributed by atoms with Crippen LogP contribution < -0.4 is 16.0 Å². The van der Waals surface area contributed by atoms with Crippen molar-refractivity contribution in [3.8, 4) is 0 Å². The molecule has 0 saturated carbocycles. The minimum atomic E-state index is -0.0683. The lowest BCUT2D eigenvalue weighted by atomic mass is 10.1. The first-order valence-electron chi connectivity index (χ1n) is 10.9. The molecule has 174 valence electrons. The molecule has 1 heterocycles. The summed E-state index contributed by atoms with van der Waals surface area (Å²) in [6, 6.07) is 16.1. The number of benzene rings is 2. The van der Waals surface area contributed by atoms with Crippen LogP contribution in [-0.2, 0) is 6.42 Å². The van der Waals surface area contributed by atoms with Crippen LogP contribution in [0.25, 0.3) is 0 Å². The Morgan fingerprint density at radius 1 is 1.12 bits per heavy atom. The smallest absolute Gasteiger partial charge is 0.251 e. The number of guanidine groups is 1. The molecule has 1 fully saturated rings. The number of amides is 1. The van der Waals surface area contributed by atoms with Crippen molar-refractivity contribution >= 4 is 47.4 Å². The van der Waals surface area contributed by atoms with Gasteiger partial charge in [-0.25, -0.2) is 0 Å². The fourth-order valence-electron chi connectivity index (χ4n) is 3.98. The molecule has 0 aliphatic carbocycles. The molecule has 0 aromatic heterocycles. The predicted molar refractivity (Wildman–Crippen MR) is 143 cm³/mol. The fourth-order valence-corrected chi connectivity index (χ4v) is 4.18. The summed E-state index contributed by atoms with van der Waals surface area (Å²) >= 11 is 6.25. The average molecular weight is 570 g/mol. The topological polar surface area (TPSA) is 68.8 Å². The summed E-state index contributed by atoms with van der Waals surface area (Å²) in [6.07, 6.45) is 3.27. The Labute approximate surface area is 213 Å². The summed E-state index contributed by atoms with van der Waals surface area (Å²) < 4.78 is 0. The van der Waals surface area contributed by atoms with E-state index >= 15 is 0 Å². The monoisotopic (exact) mass is 569 g/mol. The van der Waals surface area contributed by atoms with E-state index in [0.29, 0.717) is 5.56 Å². The van der Waals surface area contributed by atoms with Crippen molar-refractivity contribution in [1.29, 1.82) is 0 Å². The van der Waals surface area contributed by atoms with Crippen molar-refractivity contribution in [2.24, 2.45) is 4.99 Å². The number of likely N-dealkylation sites (tertiary alicyclic amines) is 1. The van der Waals surface area contributed by atoms with E-state index in [1.807, 2.05) is 36.4 Å². The number of hydrogen-bond donors (Lipinski definition) is 3. The Bertz CT molecular complexity index is 901. The molecule has 1 amide bonds. The molecule has 6 nitrogen and oxygen atoms in total. The maximum absolute atomic E-state index is 11.8. The molecule has 1 aliphatic heterocycles. The molecule has 2 aromatic carbocycles. The van der Waals surface area contributed by atoms with Crippen LogP contribution in [0.3, 0.4) is 0 Å². The van der Waals surface area contributed by atoms with E-state index in [1.54, 1.807) is 14.1 Å². The SMILES string of the molecule is CN=C(NCCc1cccc(C(=O)NC)c1)NCC(c1cccc(Cl)c1)N1CCCC1.I. The van der Waals surface area contributed by atoms with Crippen LogP contribution in [0.4, 0.5) is 0 Å². The van der Waals surface area contributed by atoms with Gasteiger partial charge in [0.15, 0.2) is 5.96 Å². The molecule has 1 saturated heterocycles. The number of nitrogens with one attached hydrogen (secondary N) is 3. The molecule has 32 heavy (non-hydrogen) atoms. The van der Waals surface area contributed by atoms with E-state index in [1.165, 1.54) is 18.4 Å². The third kappa shape index (κ3) is 7.64. The van der Waals surface area contributed by atoms with Crippen molar-refractivity contribution in [3.63, 3.8) is 0 Å².